The second-order valence-corrected chi connectivity index (χ2v) is 8.92. The third-order valence-corrected chi connectivity index (χ3v) is 6.79. The summed E-state index contributed by atoms with van der Waals surface area (Å²) in [5, 5.41) is 0. The minimum atomic E-state index is -0.465. The van der Waals surface area contributed by atoms with Crippen LogP contribution in [-0.4, -0.2) is 5.97 Å². The lowest BCUT2D eigenvalue weighted by Crippen LogP contribution is -2.02. The van der Waals surface area contributed by atoms with Gasteiger partial charge in [0.2, 0.25) is 0 Å². The monoisotopic (exact) mass is 464 g/mol. The summed E-state index contributed by atoms with van der Waals surface area (Å²) in [6.07, 6.45) is 2.08. The molecule has 0 spiro atoms. The first-order valence-corrected chi connectivity index (χ1v) is 12.1. The fourth-order valence-electron chi connectivity index (χ4n) is 5.19. The fourth-order valence-corrected chi connectivity index (χ4v) is 5.19. The van der Waals surface area contributed by atoms with E-state index < -0.39 is 5.97 Å². The number of hydrogen-bond donors (Lipinski definition) is 0. The van der Waals surface area contributed by atoms with Gasteiger partial charge in [0, 0.05) is 6.08 Å². The van der Waals surface area contributed by atoms with E-state index in [-0.39, 0.29) is 0 Å². The minimum Gasteiger partial charge on any atom is -0.423 e. The van der Waals surface area contributed by atoms with Crippen LogP contribution in [0.1, 0.15) is 11.1 Å². The van der Waals surface area contributed by atoms with E-state index in [2.05, 4.69) is 97.6 Å². The average molecular weight is 465 g/mol. The Hall–Kier alpha value is -4.69. The SMILES string of the molecule is C=CC(=O)Oc1ccc(-c2cc3c(c(-c4ccccc4)c2-c2ccccc2)Cc2ccccc2-3)cc1. The third kappa shape index (κ3) is 3.83. The van der Waals surface area contributed by atoms with Crippen molar-refractivity contribution in [3.05, 3.63) is 139 Å². The van der Waals surface area contributed by atoms with Crippen LogP contribution in [0.4, 0.5) is 0 Å². The first kappa shape index (κ1) is 21.8. The first-order chi connectivity index (χ1) is 17.7. The lowest BCUT2D eigenvalue weighted by molar-refractivity contribution is -0.128. The van der Waals surface area contributed by atoms with E-state index >= 15 is 0 Å². The summed E-state index contributed by atoms with van der Waals surface area (Å²) in [4.78, 5) is 11.7. The van der Waals surface area contributed by atoms with Crippen molar-refractivity contribution >= 4 is 5.97 Å². The molecule has 2 heteroatoms. The normalized spacial score (nSPS) is 11.4. The summed E-state index contributed by atoms with van der Waals surface area (Å²) in [5.74, 6) is 0.0351. The van der Waals surface area contributed by atoms with Gasteiger partial charge in [-0.25, -0.2) is 4.79 Å². The molecule has 172 valence electrons. The van der Waals surface area contributed by atoms with Gasteiger partial charge in [-0.1, -0.05) is 104 Å². The largest absolute Gasteiger partial charge is 0.423 e. The molecule has 6 rings (SSSR count). The molecule has 0 unspecified atom stereocenters. The molecule has 1 aliphatic rings. The van der Waals surface area contributed by atoms with E-state index in [0.29, 0.717) is 5.75 Å². The van der Waals surface area contributed by atoms with Gasteiger partial charge in [0.1, 0.15) is 5.75 Å². The van der Waals surface area contributed by atoms with Crippen molar-refractivity contribution in [2.45, 2.75) is 6.42 Å². The Balaban J connectivity index is 1.65. The van der Waals surface area contributed by atoms with Crippen LogP contribution in [0.5, 0.6) is 5.75 Å². The minimum absolute atomic E-state index is 0.465. The second kappa shape index (κ2) is 9.16. The van der Waals surface area contributed by atoms with Crippen LogP contribution in [0.15, 0.2) is 128 Å². The Kier molecular flexibility index (Phi) is 5.55. The maximum atomic E-state index is 11.7. The Morgan fingerprint density at radius 2 is 1.25 bits per heavy atom. The molecule has 0 aromatic heterocycles. The van der Waals surface area contributed by atoms with Gasteiger partial charge < -0.3 is 4.74 Å². The van der Waals surface area contributed by atoms with Crippen molar-refractivity contribution in [2.24, 2.45) is 0 Å². The van der Waals surface area contributed by atoms with Gasteiger partial charge in [0.25, 0.3) is 0 Å². The van der Waals surface area contributed by atoms with Crippen LogP contribution in [-0.2, 0) is 11.2 Å². The molecule has 0 saturated heterocycles. The highest BCUT2D eigenvalue weighted by molar-refractivity contribution is 6.01. The van der Waals surface area contributed by atoms with Crippen LogP contribution >= 0.6 is 0 Å². The summed E-state index contributed by atoms with van der Waals surface area (Å²) in [7, 11) is 0. The molecule has 0 radical (unpaired) electrons. The predicted molar refractivity (Wildman–Crippen MR) is 147 cm³/mol. The zero-order chi connectivity index (χ0) is 24.5. The maximum Gasteiger partial charge on any atom is 0.335 e. The van der Waals surface area contributed by atoms with Crippen LogP contribution in [0, 0.1) is 0 Å². The summed E-state index contributed by atoms with van der Waals surface area (Å²) in [6.45, 7) is 3.48. The lowest BCUT2D eigenvalue weighted by Gasteiger charge is -2.21. The number of rotatable bonds is 5. The highest BCUT2D eigenvalue weighted by Gasteiger charge is 2.27. The molecule has 0 bridgehead atoms. The number of fused-ring (bicyclic) bond motifs is 3. The number of hydrogen-bond acceptors (Lipinski definition) is 2. The molecule has 5 aromatic carbocycles. The molecule has 5 aromatic rings. The Morgan fingerprint density at radius 3 is 1.92 bits per heavy atom. The van der Waals surface area contributed by atoms with Gasteiger partial charge in [-0.3, -0.25) is 0 Å². The van der Waals surface area contributed by atoms with Crippen LogP contribution in [0.25, 0.3) is 44.5 Å². The van der Waals surface area contributed by atoms with Crippen LogP contribution in [0.3, 0.4) is 0 Å². The molecule has 36 heavy (non-hydrogen) atoms. The van der Waals surface area contributed by atoms with Crippen LogP contribution in [0.2, 0.25) is 0 Å². The molecule has 1 aliphatic carbocycles. The van der Waals surface area contributed by atoms with Gasteiger partial charge in [-0.15, -0.1) is 0 Å². The average Bonchev–Trinajstić information content (AvgIpc) is 3.31. The standard InChI is InChI=1S/C34H24O2/c1-2-32(35)36-27-19-17-23(18-20-27)29-22-30-28-16-10-9-15-26(28)21-31(30)34(25-13-7-4-8-14-25)33(29)24-11-5-3-6-12-24/h2-20,22H,1,21H2. The highest BCUT2D eigenvalue weighted by atomic mass is 16.5. The van der Waals surface area contributed by atoms with E-state index in [0.717, 1.165) is 17.5 Å². The Bertz CT molecular complexity index is 1580. The van der Waals surface area contributed by atoms with E-state index in [1.807, 2.05) is 24.3 Å². The molecule has 0 saturated carbocycles. The quantitative estimate of drug-likeness (QED) is 0.146. The molecule has 0 N–H and O–H groups in total. The predicted octanol–water partition coefficient (Wildman–Crippen LogP) is 8.35. The number of carbonyl (C=O) groups excluding carboxylic acids is 1. The number of esters is 1. The van der Waals surface area contributed by atoms with Crippen molar-refractivity contribution in [3.8, 4) is 50.3 Å². The van der Waals surface area contributed by atoms with Crippen molar-refractivity contribution in [1.29, 1.82) is 0 Å². The molecule has 0 heterocycles. The van der Waals surface area contributed by atoms with Gasteiger partial charge in [-0.2, -0.15) is 0 Å². The molecule has 2 nitrogen and oxygen atoms in total. The fraction of sp³-hybridized carbons (Fsp3) is 0.0294. The van der Waals surface area contributed by atoms with Crippen molar-refractivity contribution in [2.75, 3.05) is 0 Å². The third-order valence-electron chi connectivity index (χ3n) is 6.79. The Labute approximate surface area is 211 Å². The number of carbonyl (C=O) groups is 1. The van der Waals surface area contributed by atoms with E-state index in [9.17, 15) is 4.79 Å². The molecule has 0 aliphatic heterocycles. The second-order valence-electron chi connectivity index (χ2n) is 8.92. The Morgan fingerprint density at radius 1 is 0.639 bits per heavy atom. The summed E-state index contributed by atoms with van der Waals surface area (Å²) in [5.41, 5.74) is 12.4. The van der Waals surface area contributed by atoms with Gasteiger partial charge in [0.15, 0.2) is 0 Å². The smallest absolute Gasteiger partial charge is 0.335 e. The zero-order valence-electron chi connectivity index (χ0n) is 19.8. The molecule has 0 atom stereocenters. The van der Waals surface area contributed by atoms with Crippen LogP contribution < -0.4 is 4.74 Å². The van der Waals surface area contributed by atoms with E-state index in [1.165, 1.54) is 50.6 Å². The van der Waals surface area contributed by atoms with E-state index in [1.54, 1.807) is 0 Å². The van der Waals surface area contributed by atoms with Crippen molar-refractivity contribution < 1.29 is 9.53 Å². The molecular weight excluding hydrogens is 440 g/mol. The maximum absolute atomic E-state index is 11.7. The van der Waals surface area contributed by atoms with Gasteiger partial charge in [-0.05, 0) is 80.3 Å². The number of ether oxygens (including phenoxy) is 1. The highest BCUT2D eigenvalue weighted by Crippen LogP contribution is 2.50. The van der Waals surface area contributed by atoms with Crippen molar-refractivity contribution in [3.63, 3.8) is 0 Å². The summed E-state index contributed by atoms with van der Waals surface area (Å²) in [6, 6.07) is 40.0. The summed E-state index contributed by atoms with van der Waals surface area (Å²) >= 11 is 0. The summed E-state index contributed by atoms with van der Waals surface area (Å²) < 4.78 is 5.33. The topological polar surface area (TPSA) is 26.3 Å². The molecular formula is C34H24O2. The zero-order valence-corrected chi connectivity index (χ0v) is 19.8. The first-order valence-electron chi connectivity index (χ1n) is 12.1. The lowest BCUT2D eigenvalue weighted by atomic mass is 9.82. The van der Waals surface area contributed by atoms with Gasteiger partial charge in [0.05, 0.1) is 0 Å². The van der Waals surface area contributed by atoms with Gasteiger partial charge >= 0.3 is 5.97 Å². The molecule has 0 fully saturated rings. The number of benzene rings is 5. The van der Waals surface area contributed by atoms with Crippen molar-refractivity contribution in [1.82, 2.24) is 0 Å². The molecule has 0 amide bonds. The van der Waals surface area contributed by atoms with E-state index in [4.69, 9.17) is 4.74 Å².